The summed E-state index contributed by atoms with van der Waals surface area (Å²) in [5.74, 6) is 0.821. The number of hydrogen-bond donors (Lipinski definition) is 1. The van der Waals surface area contributed by atoms with Gasteiger partial charge >= 0.3 is 5.97 Å². The summed E-state index contributed by atoms with van der Waals surface area (Å²) in [6.45, 7) is 14.5. The van der Waals surface area contributed by atoms with Gasteiger partial charge in [-0.2, -0.15) is 5.10 Å². The number of benzene rings is 1. The van der Waals surface area contributed by atoms with Gasteiger partial charge in [0.2, 0.25) is 0 Å². The van der Waals surface area contributed by atoms with Crippen molar-refractivity contribution in [3.8, 4) is 16.9 Å². The van der Waals surface area contributed by atoms with Crippen molar-refractivity contribution in [3.63, 3.8) is 0 Å². The number of rotatable bonds is 8. The lowest BCUT2D eigenvalue weighted by Crippen LogP contribution is -2.46. The Bertz CT molecular complexity index is 2060. The first-order valence-electron chi connectivity index (χ1n) is 16.8. The summed E-state index contributed by atoms with van der Waals surface area (Å²) < 4.78 is 10.8. The van der Waals surface area contributed by atoms with Crippen LogP contribution in [0.15, 0.2) is 59.9 Å². The van der Waals surface area contributed by atoms with Gasteiger partial charge in [-0.1, -0.05) is 11.6 Å². The number of hydrogen-bond acceptors (Lipinski definition) is 8. The van der Waals surface area contributed by atoms with Gasteiger partial charge in [-0.05, 0) is 83.7 Å². The fraction of sp³-hybridized carbons (Fsp3) is 0.395. The highest BCUT2D eigenvalue weighted by Crippen LogP contribution is 2.39. The van der Waals surface area contributed by atoms with Crippen molar-refractivity contribution in [2.24, 2.45) is 7.05 Å². The zero-order valence-electron chi connectivity index (χ0n) is 28.7. The van der Waals surface area contributed by atoms with Crippen LogP contribution in [0.4, 0.5) is 0 Å². The Labute approximate surface area is 290 Å². The van der Waals surface area contributed by atoms with Crippen molar-refractivity contribution in [3.05, 3.63) is 105 Å². The van der Waals surface area contributed by atoms with E-state index in [2.05, 4.69) is 40.3 Å². The minimum atomic E-state index is -0.989. The van der Waals surface area contributed by atoms with Gasteiger partial charge in [0.05, 0.1) is 33.7 Å². The van der Waals surface area contributed by atoms with Crippen molar-refractivity contribution in [2.45, 2.75) is 71.4 Å². The first kappa shape index (κ1) is 34.3. The first-order chi connectivity index (χ1) is 23.7. The third-order valence-electron chi connectivity index (χ3n) is 9.69. The number of carboxylic acids is 1. The Hall–Kier alpha value is -4.61. The number of likely N-dealkylation sites (tertiary alicyclic amines) is 1. The molecule has 1 saturated heterocycles. The van der Waals surface area contributed by atoms with E-state index in [9.17, 15) is 14.7 Å². The number of ether oxygens (including phenoxy) is 1. The van der Waals surface area contributed by atoms with E-state index in [0.29, 0.717) is 35.6 Å². The quantitative estimate of drug-likeness (QED) is 0.185. The highest BCUT2D eigenvalue weighted by molar-refractivity contribution is 7.18. The van der Waals surface area contributed by atoms with Gasteiger partial charge in [-0.15, -0.1) is 24.5 Å². The van der Waals surface area contributed by atoms with Crippen LogP contribution in [0.3, 0.4) is 0 Å². The topological polar surface area (TPSA) is 115 Å². The van der Waals surface area contributed by atoms with Crippen LogP contribution in [0.5, 0.6) is 5.75 Å². The lowest BCUT2D eigenvalue weighted by atomic mass is 9.87. The van der Waals surface area contributed by atoms with Crippen LogP contribution in [0.25, 0.3) is 21.3 Å². The van der Waals surface area contributed by atoms with Crippen molar-refractivity contribution in [1.29, 1.82) is 0 Å². The molecule has 256 valence electrons. The van der Waals surface area contributed by atoms with Crippen LogP contribution < -0.4 is 10.3 Å². The van der Waals surface area contributed by atoms with E-state index >= 15 is 0 Å². The average molecular weight is 681 g/mol. The number of piperidine rings is 1. The van der Waals surface area contributed by atoms with Crippen LogP contribution in [0.2, 0.25) is 0 Å². The molecule has 7 rings (SSSR count). The summed E-state index contributed by atoms with van der Waals surface area (Å²) in [5.41, 5.74) is 7.23. The molecule has 2 atom stereocenters. The molecule has 49 heavy (non-hydrogen) atoms. The number of aryl methyl sites for hydroxylation is 5. The highest BCUT2D eigenvalue weighted by Gasteiger charge is 2.32. The van der Waals surface area contributed by atoms with E-state index in [4.69, 9.17) is 9.72 Å². The normalized spacial score (nSPS) is 17.7. The summed E-state index contributed by atoms with van der Waals surface area (Å²) in [4.78, 5) is 37.8. The predicted molar refractivity (Wildman–Crippen MR) is 194 cm³/mol. The zero-order chi connectivity index (χ0) is 34.8. The molecule has 1 N–H and O–H groups in total. The summed E-state index contributed by atoms with van der Waals surface area (Å²) in [6.07, 6.45) is 6.85. The maximum Gasteiger partial charge on any atom is 0.338 e. The SMILES string of the molecule is C=C.Cc1ccc(OCCn2c(C)nc3c(c2=O)C[C@H](N2CCC[C@@H](c4ccn(C)n4)C2)CC3)c(-c2cc(C)nc3c(C(=O)O)csc23)c1. The van der Waals surface area contributed by atoms with Crippen LogP contribution in [0, 0.1) is 20.8 Å². The second-order valence-corrected chi connectivity index (χ2v) is 13.9. The summed E-state index contributed by atoms with van der Waals surface area (Å²) in [7, 11) is 1.97. The van der Waals surface area contributed by atoms with E-state index in [-0.39, 0.29) is 17.7 Å². The lowest BCUT2D eigenvalue weighted by Gasteiger charge is -2.39. The highest BCUT2D eigenvalue weighted by atomic mass is 32.1. The molecule has 1 fully saturated rings. The van der Waals surface area contributed by atoms with E-state index in [1.807, 2.05) is 56.9 Å². The molecule has 4 aromatic heterocycles. The van der Waals surface area contributed by atoms with Crippen molar-refractivity contribution < 1.29 is 14.6 Å². The van der Waals surface area contributed by atoms with Gasteiger partial charge < -0.3 is 9.84 Å². The largest absolute Gasteiger partial charge is 0.491 e. The Morgan fingerprint density at radius 3 is 2.67 bits per heavy atom. The molecule has 0 spiro atoms. The number of nitrogens with zero attached hydrogens (tertiary/aromatic N) is 6. The second kappa shape index (κ2) is 14.5. The molecule has 11 heteroatoms. The fourth-order valence-corrected chi connectivity index (χ4v) is 8.34. The molecule has 1 aliphatic carbocycles. The number of aromatic carboxylic acids is 1. The van der Waals surface area contributed by atoms with Crippen molar-refractivity contribution in [2.75, 3.05) is 19.7 Å². The summed E-state index contributed by atoms with van der Waals surface area (Å²) >= 11 is 1.37. The molecule has 10 nitrogen and oxygen atoms in total. The van der Waals surface area contributed by atoms with Crippen LogP contribution >= 0.6 is 11.3 Å². The monoisotopic (exact) mass is 680 g/mol. The van der Waals surface area contributed by atoms with Crippen LogP contribution in [0.1, 0.15) is 69.6 Å². The molecule has 0 saturated carbocycles. The van der Waals surface area contributed by atoms with Crippen LogP contribution in [-0.4, -0.2) is 66.0 Å². The predicted octanol–water partition coefficient (Wildman–Crippen LogP) is 6.50. The average Bonchev–Trinajstić information content (AvgIpc) is 3.74. The van der Waals surface area contributed by atoms with Gasteiger partial charge in [-0.3, -0.25) is 23.9 Å². The Morgan fingerprint density at radius 1 is 1.10 bits per heavy atom. The number of pyridine rings is 1. The first-order valence-corrected chi connectivity index (χ1v) is 17.7. The van der Waals surface area contributed by atoms with E-state index in [0.717, 1.165) is 89.2 Å². The number of aromatic nitrogens is 5. The zero-order valence-corrected chi connectivity index (χ0v) is 29.6. The third-order valence-corrected chi connectivity index (χ3v) is 10.7. The molecule has 0 amide bonds. The molecule has 0 radical (unpaired) electrons. The number of thiophene rings is 1. The smallest absolute Gasteiger partial charge is 0.338 e. The standard InChI is InChI=1S/C36H40N6O4S.C2H4/c1-21-7-10-32(26(16-21)27-17-22(2)37-33-29(36(44)45)20-47-34(27)33)46-15-14-42-23(3)38-31-9-8-25(18-28(31)35(42)43)41-12-5-6-24(19-41)30-11-13-40(4)39-30;1-2/h7,10-11,13,16-17,20,24-25H,5-6,8-9,12,14-15,18-19H2,1-4H3,(H,44,45);1-2H2/t24-,25-;/m1./s1. The van der Waals surface area contributed by atoms with Crippen molar-refractivity contribution in [1.82, 2.24) is 29.2 Å². The van der Waals surface area contributed by atoms with E-state index < -0.39 is 5.97 Å². The Kier molecular flexibility index (Phi) is 10.1. The van der Waals surface area contributed by atoms with E-state index in [1.54, 1.807) is 9.95 Å². The molecule has 1 aromatic carbocycles. The molecule has 0 unspecified atom stereocenters. The molecule has 1 aliphatic heterocycles. The van der Waals surface area contributed by atoms with Crippen LogP contribution in [-0.2, 0) is 26.4 Å². The third kappa shape index (κ3) is 6.95. The molecule has 2 aliphatic rings. The second-order valence-electron chi connectivity index (χ2n) is 13.0. The molecule has 0 bridgehead atoms. The Balaban J connectivity index is 0.00000205. The van der Waals surface area contributed by atoms with Crippen molar-refractivity contribution >= 4 is 27.5 Å². The summed E-state index contributed by atoms with van der Waals surface area (Å²) in [5, 5.41) is 16.0. The van der Waals surface area contributed by atoms with Gasteiger partial charge in [0.15, 0.2) is 0 Å². The molecular formula is C38H44N6O4S. The molecular weight excluding hydrogens is 637 g/mol. The maximum absolute atomic E-state index is 14.0. The maximum atomic E-state index is 14.0. The van der Waals surface area contributed by atoms with Gasteiger partial charge in [-0.25, -0.2) is 9.78 Å². The van der Waals surface area contributed by atoms with Gasteiger partial charge in [0.25, 0.3) is 5.56 Å². The number of fused-ring (bicyclic) bond motifs is 2. The fourth-order valence-electron chi connectivity index (χ4n) is 7.33. The Morgan fingerprint density at radius 2 is 1.92 bits per heavy atom. The van der Waals surface area contributed by atoms with Gasteiger partial charge in [0.1, 0.15) is 18.2 Å². The van der Waals surface area contributed by atoms with Gasteiger partial charge in [0, 0.05) is 59.5 Å². The van der Waals surface area contributed by atoms with E-state index in [1.165, 1.54) is 11.3 Å². The minimum Gasteiger partial charge on any atom is -0.491 e. The lowest BCUT2D eigenvalue weighted by molar-refractivity contribution is 0.0699. The summed E-state index contributed by atoms with van der Waals surface area (Å²) in [6, 6.07) is 10.4. The number of carbonyl (C=O) groups is 1. The molecule has 5 heterocycles. The number of carboxylic acid groups (broad SMARTS) is 1. The minimum absolute atomic E-state index is 0.0365. The molecule has 5 aromatic rings.